The lowest BCUT2D eigenvalue weighted by Crippen LogP contribution is -2.35. The molecule has 0 fully saturated rings. The number of anilines is 1. The average molecular weight is 252 g/mol. The molecule has 0 radical (unpaired) electrons. The van der Waals surface area contributed by atoms with Crippen molar-refractivity contribution in [1.29, 1.82) is 0 Å². The van der Waals surface area contributed by atoms with E-state index in [2.05, 4.69) is 5.32 Å². The second-order valence-electron chi connectivity index (χ2n) is 4.11. The van der Waals surface area contributed by atoms with Gasteiger partial charge in [-0.25, -0.2) is 0 Å². The lowest BCUT2D eigenvalue weighted by Gasteiger charge is -2.11. The fourth-order valence-electron chi connectivity index (χ4n) is 1.47. The number of aliphatic hydroxyl groups is 1. The van der Waals surface area contributed by atoms with Crippen molar-refractivity contribution in [3.63, 3.8) is 0 Å². The van der Waals surface area contributed by atoms with Crippen molar-refractivity contribution < 1.29 is 14.6 Å². The summed E-state index contributed by atoms with van der Waals surface area (Å²) in [5.74, 6) is 0.298. The topological polar surface area (TPSA) is 84.6 Å². The molecular formula is C13H20N2O3. The second kappa shape index (κ2) is 7.55. The Hall–Kier alpha value is -1.75. The number of benzene rings is 1. The molecule has 1 unspecified atom stereocenters. The van der Waals surface area contributed by atoms with E-state index in [-0.39, 0.29) is 19.1 Å². The zero-order valence-corrected chi connectivity index (χ0v) is 10.6. The van der Waals surface area contributed by atoms with Crippen LogP contribution in [0.1, 0.15) is 19.8 Å². The van der Waals surface area contributed by atoms with Gasteiger partial charge in [-0.05, 0) is 18.6 Å². The molecule has 0 saturated heterocycles. The predicted molar refractivity (Wildman–Crippen MR) is 70.3 cm³/mol. The van der Waals surface area contributed by atoms with E-state index in [1.807, 2.05) is 6.92 Å². The van der Waals surface area contributed by atoms with Gasteiger partial charge in [-0.2, -0.15) is 0 Å². The molecule has 1 amide bonds. The van der Waals surface area contributed by atoms with E-state index in [1.54, 1.807) is 24.3 Å². The van der Waals surface area contributed by atoms with E-state index in [0.717, 1.165) is 6.42 Å². The van der Waals surface area contributed by atoms with Crippen molar-refractivity contribution in [2.24, 2.45) is 0 Å². The normalized spacial score (nSPS) is 11.9. The Morgan fingerprint density at radius 3 is 3.00 bits per heavy atom. The van der Waals surface area contributed by atoms with Crippen molar-refractivity contribution in [2.75, 3.05) is 18.9 Å². The van der Waals surface area contributed by atoms with Crippen LogP contribution in [0.5, 0.6) is 5.75 Å². The Balaban J connectivity index is 2.25. The Bertz CT molecular complexity index is 382. The number of aliphatic hydroxyl groups excluding tert-OH is 1. The van der Waals surface area contributed by atoms with Gasteiger partial charge in [0.2, 0.25) is 0 Å². The molecule has 1 aromatic carbocycles. The number of rotatable bonds is 7. The van der Waals surface area contributed by atoms with Gasteiger partial charge in [-0.15, -0.1) is 0 Å². The van der Waals surface area contributed by atoms with Crippen molar-refractivity contribution in [3.05, 3.63) is 24.3 Å². The zero-order valence-electron chi connectivity index (χ0n) is 10.6. The molecular weight excluding hydrogens is 232 g/mol. The number of carbonyl (C=O) groups excluding carboxylic acids is 1. The number of hydrogen-bond donors (Lipinski definition) is 3. The number of nitrogens with two attached hydrogens (primary N) is 1. The number of carbonyl (C=O) groups is 1. The van der Waals surface area contributed by atoms with Gasteiger partial charge in [-0.3, -0.25) is 4.79 Å². The van der Waals surface area contributed by atoms with Gasteiger partial charge >= 0.3 is 0 Å². The number of nitrogen functional groups attached to an aromatic ring is 1. The average Bonchev–Trinajstić information content (AvgIpc) is 2.34. The fourth-order valence-corrected chi connectivity index (χ4v) is 1.47. The molecule has 5 nitrogen and oxygen atoms in total. The first-order chi connectivity index (χ1) is 8.61. The van der Waals surface area contributed by atoms with E-state index >= 15 is 0 Å². The molecule has 0 heterocycles. The monoisotopic (exact) mass is 252 g/mol. The minimum Gasteiger partial charge on any atom is -0.484 e. The van der Waals surface area contributed by atoms with Crippen LogP contribution in [0, 0.1) is 0 Å². The molecule has 1 aromatic rings. The Kier molecular flexibility index (Phi) is 6.00. The van der Waals surface area contributed by atoms with Gasteiger partial charge in [0, 0.05) is 18.3 Å². The maximum absolute atomic E-state index is 11.4. The highest BCUT2D eigenvalue weighted by atomic mass is 16.5. The van der Waals surface area contributed by atoms with Gasteiger partial charge in [0.25, 0.3) is 5.91 Å². The van der Waals surface area contributed by atoms with E-state index in [0.29, 0.717) is 17.9 Å². The third-order valence-electron chi connectivity index (χ3n) is 2.38. The van der Waals surface area contributed by atoms with Crippen LogP contribution in [0.2, 0.25) is 0 Å². The summed E-state index contributed by atoms with van der Waals surface area (Å²) in [5.41, 5.74) is 6.17. The maximum atomic E-state index is 11.4. The minimum absolute atomic E-state index is 0.0811. The summed E-state index contributed by atoms with van der Waals surface area (Å²) < 4.78 is 5.27. The van der Waals surface area contributed by atoms with Crippen LogP contribution in [0.3, 0.4) is 0 Å². The summed E-state index contributed by atoms with van der Waals surface area (Å²) in [4.78, 5) is 11.4. The highest BCUT2D eigenvalue weighted by molar-refractivity contribution is 5.77. The smallest absolute Gasteiger partial charge is 0.258 e. The summed E-state index contributed by atoms with van der Waals surface area (Å²) in [5, 5.41) is 12.1. The van der Waals surface area contributed by atoms with Crippen LogP contribution in [-0.2, 0) is 4.79 Å². The molecule has 18 heavy (non-hydrogen) atoms. The highest BCUT2D eigenvalue weighted by Gasteiger charge is 2.06. The van der Waals surface area contributed by atoms with Gasteiger partial charge in [0.05, 0.1) is 6.10 Å². The summed E-state index contributed by atoms with van der Waals surface area (Å²) in [6, 6.07) is 6.89. The molecule has 0 saturated carbocycles. The third kappa shape index (κ3) is 5.54. The Labute approximate surface area is 107 Å². The molecule has 0 aliphatic heterocycles. The molecule has 100 valence electrons. The first-order valence-corrected chi connectivity index (χ1v) is 6.05. The molecule has 4 N–H and O–H groups in total. The number of ether oxygens (including phenoxy) is 1. The van der Waals surface area contributed by atoms with Crippen molar-refractivity contribution >= 4 is 11.6 Å². The third-order valence-corrected chi connectivity index (χ3v) is 2.38. The predicted octanol–water partition coefficient (Wildman–Crippen LogP) is 0.925. The summed E-state index contributed by atoms with van der Waals surface area (Å²) in [6.45, 7) is 2.16. The maximum Gasteiger partial charge on any atom is 0.258 e. The van der Waals surface area contributed by atoms with Gasteiger partial charge in [0.15, 0.2) is 6.61 Å². The van der Waals surface area contributed by atoms with Gasteiger partial charge in [-0.1, -0.05) is 19.4 Å². The van der Waals surface area contributed by atoms with E-state index in [1.165, 1.54) is 0 Å². The number of amides is 1. The van der Waals surface area contributed by atoms with Crippen molar-refractivity contribution in [3.8, 4) is 5.75 Å². The standard InChI is InChI=1S/C13H20N2O3/c1-2-4-11(16)8-15-13(17)9-18-12-6-3-5-10(14)7-12/h3,5-7,11,16H,2,4,8-9,14H2,1H3,(H,15,17). The van der Waals surface area contributed by atoms with Crippen LogP contribution in [0.4, 0.5) is 5.69 Å². The largest absolute Gasteiger partial charge is 0.484 e. The lowest BCUT2D eigenvalue weighted by atomic mass is 10.2. The van der Waals surface area contributed by atoms with Crippen molar-refractivity contribution in [2.45, 2.75) is 25.9 Å². The van der Waals surface area contributed by atoms with Crippen LogP contribution >= 0.6 is 0 Å². The molecule has 0 spiro atoms. The SMILES string of the molecule is CCCC(O)CNC(=O)COc1cccc(N)c1. The lowest BCUT2D eigenvalue weighted by molar-refractivity contribution is -0.123. The molecule has 5 heteroatoms. The van der Waals surface area contributed by atoms with E-state index in [9.17, 15) is 9.90 Å². The van der Waals surface area contributed by atoms with E-state index < -0.39 is 6.10 Å². The first-order valence-electron chi connectivity index (χ1n) is 6.05. The Morgan fingerprint density at radius 2 is 2.33 bits per heavy atom. The molecule has 0 aromatic heterocycles. The fraction of sp³-hybridized carbons (Fsp3) is 0.462. The van der Waals surface area contributed by atoms with Crippen molar-refractivity contribution in [1.82, 2.24) is 5.32 Å². The van der Waals surface area contributed by atoms with Crippen LogP contribution in [0.25, 0.3) is 0 Å². The molecule has 1 atom stereocenters. The molecule has 0 bridgehead atoms. The van der Waals surface area contributed by atoms with Crippen LogP contribution < -0.4 is 15.8 Å². The van der Waals surface area contributed by atoms with Gasteiger partial charge < -0.3 is 20.9 Å². The minimum atomic E-state index is -0.494. The van der Waals surface area contributed by atoms with Crippen LogP contribution in [0.15, 0.2) is 24.3 Å². The summed E-state index contributed by atoms with van der Waals surface area (Å²) in [6.07, 6.45) is 1.07. The quantitative estimate of drug-likeness (QED) is 0.630. The molecule has 0 aliphatic carbocycles. The van der Waals surface area contributed by atoms with Crippen LogP contribution in [-0.4, -0.2) is 30.3 Å². The second-order valence-corrected chi connectivity index (χ2v) is 4.11. The Morgan fingerprint density at radius 1 is 1.56 bits per heavy atom. The van der Waals surface area contributed by atoms with E-state index in [4.69, 9.17) is 10.5 Å². The summed E-state index contributed by atoms with van der Waals surface area (Å²) >= 11 is 0. The molecule has 0 aliphatic rings. The summed E-state index contributed by atoms with van der Waals surface area (Å²) in [7, 11) is 0. The number of nitrogens with one attached hydrogen (secondary N) is 1. The zero-order chi connectivity index (χ0) is 13.4. The van der Waals surface area contributed by atoms with Gasteiger partial charge in [0.1, 0.15) is 5.75 Å². The first kappa shape index (κ1) is 14.3. The number of hydrogen-bond acceptors (Lipinski definition) is 4. The highest BCUT2D eigenvalue weighted by Crippen LogP contribution is 2.13. The molecule has 1 rings (SSSR count).